The second kappa shape index (κ2) is 5.64. The van der Waals surface area contributed by atoms with E-state index in [2.05, 4.69) is 76.8 Å². The molecule has 0 saturated heterocycles. The van der Waals surface area contributed by atoms with Gasteiger partial charge in [-0.05, 0) is 61.2 Å². The highest BCUT2D eigenvalue weighted by Crippen LogP contribution is 2.34. The number of rotatable bonds is 2. The number of benzene rings is 2. The third-order valence-corrected chi connectivity index (χ3v) is 5.18. The molecule has 2 nitrogen and oxygen atoms in total. The average Bonchev–Trinajstić information content (AvgIpc) is 2.90. The van der Waals surface area contributed by atoms with Gasteiger partial charge in [-0.25, -0.2) is 0 Å². The zero-order chi connectivity index (χ0) is 16.0. The molecule has 1 aliphatic heterocycles. The normalized spacial score (nSPS) is 14.0. The van der Waals surface area contributed by atoms with Gasteiger partial charge >= 0.3 is 0 Å². The monoisotopic (exact) mass is 366 g/mol. The molecule has 23 heavy (non-hydrogen) atoms. The summed E-state index contributed by atoms with van der Waals surface area (Å²) in [5, 5.41) is 1.34. The number of fused-ring (bicyclic) bond motifs is 3. The second-order valence-corrected chi connectivity index (χ2v) is 6.98. The predicted molar refractivity (Wildman–Crippen MR) is 101 cm³/mol. The van der Waals surface area contributed by atoms with Crippen molar-refractivity contribution in [3.8, 4) is 5.69 Å². The highest BCUT2D eigenvalue weighted by molar-refractivity contribution is 9.10. The molecular weight excluding hydrogens is 348 g/mol. The van der Waals surface area contributed by atoms with Gasteiger partial charge in [-0.2, -0.15) is 0 Å². The molecule has 2 heterocycles. The summed E-state index contributed by atoms with van der Waals surface area (Å²) in [4.78, 5) is 4.69. The Morgan fingerprint density at radius 2 is 1.91 bits per heavy atom. The van der Waals surface area contributed by atoms with Crippen LogP contribution < -0.4 is 0 Å². The lowest BCUT2D eigenvalue weighted by Crippen LogP contribution is -2.13. The molecule has 0 unspecified atom stereocenters. The Balaban J connectivity index is 2.05. The zero-order valence-corrected chi connectivity index (χ0v) is 15.0. The third-order valence-electron chi connectivity index (χ3n) is 4.69. The molecule has 0 amide bonds. The molecule has 3 aromatic rings. The SMILES string of the molecule is CCc1ccc(-n2c3c(c4cc(Br)ccc42)CCN=C3C)cc1. The molecule has 2 aromatic carbocycles. The molecule has 0 atom stereocenters. The van der Waals surface area contributed by atoms with Crippen molar-refractivity contribution in [2.24, 2.45) is 4.99 Å². The molecule has 4 rings (SSSR count). The minimum absolute atomic E-state index is 0.888. The molecule has 1 aromatic heterocycles. The van der Waals surface area contributed by atoms with E-state index in [9.17, 15) is 0 Å². The van der Waals surface area contributed by atoms with Gasteiger partial charge in [0.2, 0.25) is 0 Å². The van der Waals surface area contributed by atoms with Gasteiger partial charge in [0.25, 0.3) is 0 Å². The smallest absolute Gasteiger partial charge is 0.0708 e. The van der Waals surface area contributed by atoms with Gasteiger partial charge in [-0.1, -0.05) is 35.0 Å². The Hall–Kier alpha value is -1.87. The van der Waals surface area contributed by atoms with Crippen molar-refractivity contribution in [3.63, 3.8) is 0 Å². The van der Waals surface area contributed by atoms with E-state index >= 15 is 0 Å². The first-order valence-electron chi connectivity index (χ1n) is 8.12. The Labute approximate surface area is 145 Å². The highest BCUT2D eigenvalue weighted by Gasteiger charge is 2.22. The largest absolute Gasteiger partial charge is 0.308 e. The summed E-state index contributed by atoms with van der Waals surface area (Å²) in [6.07, 6.45) is 2.08. The summed E-state index contributed by atoms with van der Waals surface area (Å²) in [6, 6.07) is 15.5. The van der Waals surface area contributed by atoms with Gasteiger partial charge in [0.1, 0.15) is 0 Å². The van der Waals surface area contributed by atoms with Crippen LogP contribution in [0.3, 0.4) is 0 Å². The maximum Gasteiger partial charge on any atom is 0.0708 e. The third kappa shape index (κ3) is 2.34. The van der Waals surface area contributed by atoms with Crippen LogP contribution in [0.5, 0.6) is 0 Å². The van der Waals surface area contributed by atoms with Crippen LogP contribution in [-0.2, 0) is 12.8 Å². The number of aryl methyl sites for hydroxylation is 1. The molecule has 0 aliphatic carbocycles. The van der Waals surface area contributed by atoms with Crippen LogP contribution in [-0.4, -0.2) is 16.8 Å². The van der Waals surface area contributed by atoms with E-state index in [-0.39, 0.29) is 0 Å². The van der Waals surface area contributed by atoms with Gasteiger partial charge in [-0.3, -0.25) is 4.99 Å². The van der Waals surface area contributed by atoms with Gasteiger partial charge in [0.15, 0.2) is 0 Å². The molecular formula is C20H19BrN2. The molecule has 116 valence electrons. The first-order chi connectivity index (χ1) is 11.2. The van der Waals surface area contributed by atoms with Crippen LogP contribution in [0.15, 0.2) is 51.9 Å². The number of halogens is 1. The quantitative estimate of drug-likeness (QED) is 0.583. The van der Waals surface area contributed by atoms with Crippen LogP contribution in [0.25, 0.3) is 16.6 Å². The topological polar surface area (TPSA) is 17.3 Å². The van der Waals surface area contributed by atoms with Gasteiger partial charge in [0.05, 0.1) is 16.9 Å². The molecule has 0 saturated carbocycles. The van der Waals surface area contributed by atoms with E-state index < -0.39 is 0 Å². The van der Waals surface area contributed by atoms with E-state index in [0.29, 0.717) is 0 Å². The fourth-order valence-electron chi connectivity index (χ4n) is 3.52. The van der Waals surface area contributed by atoms with Crippen LogP contribution in [0.4, 0.5) is 0 Å². The molecule has 0 N–H and O–H groups in total. The van der Waals surface area contributed by atoms with E-state index in [1.807, 2.05) is 0 Å². The number of aliphatic imine (C=N–C) groups is 1. The van der Waals surface area contributed by atoms with Crippen molar-refractivity contribution in [2.45, 2.75) is 26.7 Å². The van der Waals surface area contributed by atoms with Gasteiger partial charge in [-0.15, -0.1) is 0 Å². The first kappa shape index (κ1) is 14.7. The lowest BCUT2D eigenvalue weighted by Gasteiger charge is -2.15. The molecule has 1 aliphatic rings. The number of hydrogen-bond donors (Lipinski definition) is 0. The highest BCUT2D eigenvalue weighted by atomic mass is 79.9. The minimum atomic E-state index is 0.888. The predicted octanol–water partition coefficient (Wildman–Crippen LogP) is 5.32. The van der Waals surface area contributed by atoms with Gasteiger partial charge in [0, 0.05) is 22.1 Å². The average molecular weight is 367 g/mol. The summed E-state index contributed by atoms with van der Waals surface area (Å²) in [5.41, 5.74) is 7.68. The maximum absolute atomic E-state index is 4.69. The molecule has 0 spiro atoms. The van der Waals surface area contributed by atoms with E-state index in [1.165, 1.54) is 33.4 Å². The summed E-state index contributed by atoms with van der Waals surface area (Å²) in [7, 11) is 0. The van der Waals surface area contributed by atoms with Crippen LogP contribution in [0.2, 0.25) is 0 Å². The van der Waals surface area contributed by atoms with Crippen LogP contribution in [0.1, 0.15) is 30.7 Å². The summed E-state index contributed by atoms with van der Waals surface area (Å²) in [6.45, 7) is 5.21. The standard InChI is InChI=1S/C20H19BrN2/c1-3-14-4-7-16(8-5-14)23-19-9-6-15(21)12-18(19)17-10-11-22-13(2)20(17)23/h4-9,12H,3,10-11H2,1-2H3. The van der Waals surface area contributed by atoms with Crippen molar-refractivity contribution >= 4 is 32.5 Å². The summed E-state index contributed by atoms with van der Waals surface area (Å²) in [5.74, 6) is 0. The Bertz CT molecular complexity index is 917. The van der Waals surface area contributed by atoms with Crippen molar-refractivity contribution < 1.29 is 0 Å². The van der Waals surface area contributed by atoms with Gasteiger partial charge < -0.3 is 4.57 Å². The minimum Gasteiger partial charge on any atom is -0.308 e. The Morgan fingerprint density at radius 3 is 2.65 bits per heavy atom. The first-order valence-corrected chi connectivity index (χ1v) is 8.92. The van der Waals surface area contributed by atoms with E-state index in [1.54, 1.807) is 0 Å². The number of hydrogen-bond acceptors (Lipinski definition) is 1. The van der Waals surface area contributed by atoms with Crippen molar-refractivity contribution in [3.05, 3.63) is 63.8 Å². The molecule has 3 heteroatoms. The van der Waals surface area contributed by atoms with Crippen molar-refractivity contribution in [1.82, 2.24) is 4.57 Å². The lowest BCUT2D eigenvalue weighted by atomic mass is 10.0. The van der Waals surface area contributed by atoms with Crippen molar-refractivity contribution in [2.75, 3.05) is 6.54 Å². The molecule has 0 radical (unpaired) electrons. The van der Waals surface area contributed by atoms with Crippen molar-refractivity contribution in [1.29, 1.82) is 0 Å². The number of aromatic nitrogens is 1. The second-order valence-electron chi connectivity index (χ2n) is 6.06. The number of nitrogens with zero attached hydrogens (tertiary/aromatic N) is 2. The lowest BCUT2D eigenvalue weighted by molar-refractivity contribution is 0.926. The zero-order valence-electron chi connectivity index (χ0n) is 13.4. The Morgan fingerprint density at radius 1 is 1.13 bits per heavy atom. The van der Waals surface area contributed by atoms with E-state index in [0.717, 1.165) is 29.6 Å². The molecule has 0 bridgehead atoms. The fraction of sp³-hybridized carbons (Fsp3) is 0.250. The Kier molecular flexibility index (Phi) is 3.61. The van der Waals surface area contributed by atoms with Crippen LogP contribution in [0, 0.1) is 0 Å². The molecule has 0 fully saturated rings. The maximum atomic E-state index is 4.69. The fourth-order valence-corrected chi connectivity index (χ4v) is 3.88. The van der Waals surface area contributed by atoms with E-state index in [4.69, 9.17) is 4.99 Å². The summed E-state index contributed by atoms with van der Waals surface area (Å²) < 4.78 is 3.50. The summed E-state index contributed by atoms with van der Waals surface area (Å²) >= 11 is 3.62. The van der Waals surface area contributed by atoms with Crippen LogP contribution >= 0.6 is 15.9 Å².